The van der Waals surface area contributed by atoms with Crippen molar-refractivity contribution in [3.05, 3.63) is 63.4 Å². The summed E-state index contributed by atoms with van der Waals surface area (Å²) in [6, 6.07) is 11.5. The van der Waals surface area contributed by atoms with Crippen molar-refractivity contribution in [2.45, 2.75) is 64.4 Å². The van der Waals surface area contributed by atoms with Crippen LogP contribution in [0.15, 0.2) is 46.3 Å². The van der Waals surface area contributed by atoms with Crippen LogP contribution in [-0.2, 0) is 4.79 Å². The highest BCUT2D eigenvalue weighted by Gasteiger charge is 2.22. The molecule has 3 aromatic rings. The number of anilines is 1. The summed E-state index contributed by atoms with van der Waals surface area (Å²) >= 11 is 1.32. The number of nitrogens with one attached hydrogen (secondary N) is 1. The van der Waals surface area contributed by atoms with Gasteiger partial charge in [0.25, 0.3) is 5.56 Å². The lowest BCUT2D eigenvalue weighted by molar-refractivity contribution is -0.115. The molecule has 30 heavy (non-hydrogen) atoms. The minimum absolute atomic E-state index is 0.00560. The van der Waals surface area contributed by atoms with E-state index in [0.717, 1.165) is 23.2 Å². The Balaban J connectivity index is 1.93. The molecule has 5 nitrogen and oxygen atoms in total. The van der Waals surface area contributed by atoms with Gasteiger partial charge in [-0.05, 0) is 64.3 Å². The number of para-hydroxylation sites is 1. The zero-order valence-corrected chi connectivity index (χ0v) is 19.3. The predicted octanol–water partition coefficient (Wildman–Crippen LogP) is 5.41. The number of aromatic nitrogens is 2. The minimum atomic E-state index is -0.409. The van der Waals surface area contributed by atoms with Crippen molar-refractivity contribution < 1.29 is 4.79 Å². The zero-order chi connectivity index (χ0) is 22.0. The first-order valence-corrected chi connectivity index (χ1v) is 11.2. The largest absolute Gasteiger partial charge is 0.325 e. The Hall–Kier alpha value is -2.60. The molecule has 0 radical (unpaired) electrons. The second kappa shape index (κ2) is 9.04. The number of rotatable bonds is 6. The average molecular weight is 424 g/mol. The summed E-state index contributed by atoms with van der Waals surface area (Å²) in [5.74, 6) is -0.104. The van der Waals surface area contributed by atoms with Gasteiger partial charge in [0.15, 0.2) is 5.16 Å². The molecule has 0 fully saturated rings. The standard InChI is InChI=1S/C24H29N3O2S/c1-7-17(5)27-23(29)19-10-8-9-11-20(19)25-24(27)30-18(6)22(28)26-21-15(3)12-14(2)13-16(21)4/h8-13,17-18H,7H2,1-6H3,(H,26,28)/t17-,18-/m0/s1. The molecular weight excluding hydrogens is 394 g/mol. The molecule has 3 rings (SSSR count). The molecule has 0 saturated heterocycles. The quantitative estimate of drug-likeness (QED) is 0.425. The average Bonchev–Trinajstić information content (AvgIpc) is 2.70. The van der Waals surface area contributed by atoms with E-state index in [1.807, 2.05) is 59.7 Å². The lowest BCUT2D eigenvalue weighted by Crippen LogP contribution is -2.29. The fourth-order valence-corrected chi connectivity index (χ4v) is 4.60. The molecule has 0 aliphatic carbocycles. The number of hydrogen-bond acceptors (Lipinski definition) is 4. The van der Waals surface area contributed by atoms with Crippen molar-refractivity contribution >= 4 is 34.3 Å². The number of carbonyl (C=O) groups excluding carboxylic acids is 1. The third-order valence-electron chi connectivity index (χ3n) is 5.38. The first-order valence-electron chi connectivity index (χ1n) is 10.3. The molecule has 6 heteroatoms. The van der Waals surface area contributed by atoms with Crippen LogP contribution >= 0.6 is 11.8 Å². The number of nitrogens with zero attached hydrogens (tertiary/aromatic N) is 2. The van der Waals surface area contributed by atoms with Crippen molar-refractivity contribution in [3.8, 4) is 0 Å². The third kappa shape index (κ3) is 4.43. The number of thioether (sulfide) groups is 1. The van der Waals surface area contributed by atoms with Crippen LogP contribution in [0.25, 0.3) is 10.9 Å². The Kier molecular flexibility index (Phi) is 6.66. The third-order valence-corrected chi connectivity index (χ3v) is 6.45. The van der Waals surface area contributed by atoms with Crippen LogP contribution < -0.4 is 10.9 Å². The van der Waals surface area contributed by atoms with Gasteiger partial charge >= 0.3 is 0 Å². The second-order valence-electron chi connectivity index (χ2n) is 7.87. The Morgan fingerprint density at radius 1 is 1.13 bits per heavy atom. The molecule has 1 aromatic heterocycles. The van der Waals surface area contributed by atoms with Gasteiger partial charge in [-0.3, -0.25) is 14.2 Å². The van der Waals surface area contributed by atoms with Gasteiger partial charge in [-0.1, -0.05) is 48.5 Å². The molecule has 0 bridgehead atoms. The zero-order valence-electron chi connectivity index (χ0n) is 18.4. The number of hydrogen-bond donors (Lipinski definition) is 1. The summed E-state index contributed by atoms with van der Waals surface area (Å²) in [5.41, 5.74) is 4.70. The fourth-order valence-electron chi connectivity index (χ4n) is 3.59. The minimum Gasteiger partial charge on any atom is -0.325 e. The Bertz CT molecular complexity index is 1130. The normalized spacial score (nSPS) is 13.3. The van der Waals surface area contributed by atoms with Crippen molar-refractivity contribution in [1.29, 1.82) is 0 Å². The van der Waals surface area contributed by atoms with Gasteiger partial charge in [-0.15, -0.1) is 0 Å². The van der Waals surface area contributed by atoms with E-state index < -0.39 is 5.25 Å². The number of aryl methyl sites for hydroxylation is 3. The van der Waals surface area contributed by atoms with E-state index in [-0.39, 0.29) is 17.5 Å². The van der Waals surface area contributed by atoms with Crippen molar-refractivity contribution in [2.24, 2.45) is 0 Å². The topological polar surface area (TPSA) is 64.0 Å². The lowest BCUT2D eigenvalue weighted by Gasteiger charge is -2.20. The van der Waals surface area contributed by atoms with E-state index in [1.54, 1.807) is 10.6 Å². The molecule has 0 aliphatic heterocycles. The van der Waals surface area contributed by atoms with E-state index in [9.17, 15) is 9.59 Å². The molecular formula is C24H29N3O2S. The number of carbonyl (C=O) groups is 1. The molecule has 0 aliphatic rings. The molecule has 2 atom stereocenters. The highest BCUT2D eigenvalue weighted by Crippen LogP contribution is 2.28. The number of amides is 1. The van der Waals surface area contributed by atoms with Gasteiger partial charge in [0.2, 0.25) is 5.91 Å². The number of fused-ring (bicyclic) bond motifs is 1. The highest BCUT2D eigenvalue weighted by molar-refractivity contribution is 8.00. The van der Waals surface area contributed by atoms with Crippen LogP contribution in [0.4, 0.5) is 5.69 Å². The Morgan fingerprint density at radius 3 is 2.40 bits per heavy atom. The molecule has 1 amide bonds. The maximum Gasteiger partial charge on any atom is 0.262 e. The first-order chi connectivity index (χ1) is 14.2. The first kappa shape index (κ1) is 22.1. The molecule has 0 unspecified atom stereocenters. The van der Waals surface area contributed by atoms with Crippen LogP contribution in [0.2, 0.25) is 0 Å². The smallest absolute Gasteiger partial charge is 0.262 e. The van der Waals surface area contributed by atoms with Gasteiger partial charge in [0.05, 0.1) is 16.2 Å². The second-order valence-corrected chi connectivity index (χ2v) is 9.17. The van der Waals surface area contributed by atoms with E-state index in [4.69, 9.17) is 4.98 Å². The van der Waals surface area contributed by atoms with Gasteiger partial charge < -0.3 is 5.32 Å². The summed E-state index contributed by atoms with van der Waals surface area (Å²) in [6.07, 6.45) is 0.801. The van der Waals surface area contributed by atoms with Crippen LogP contribution in [-0.4, -0.2) is 20.7 Å². The van der Waals surface area contributed by atoms with Crippen LogP contribution in [0.3, 0.4) is 0 Å². The molecule has 2 aromatic carbocycles. The number of benzene rings is 2. The van der Waals surface area contributed by atoms with Crippen molar-refractivity contribution in [3.63, 3.8) is 0 Å². The molecule has 1 N–H and O–H groups in total. The summed E-state index contributed by atoms with van der Waals surface area (Å²) in [6.45, 7) is 11.9. The monoisotopic (exact) mass is 423 g/mol. The molecule has 0 spiro atoms. The fraction of sp³-hybridized carbons (Fsp3) is 0.375. The predicted molar refractivity (Wildman–Crippen MR) is 126 cm³/mol. The molecule has 0 saturated carbocycles. The van der Waals surface area contributed by atoms with Gasteiger partial charge in [-0.25, -0.2) is 4.98 Å². The summed E-state index contributed by atoms with van der Waals surface area (Å²) in [5, 5.41) is 3.84. The summed E-state index contributed by atoms with van der Waals surface area (Å²) in [4.78, 5) is 30.8. The van der Waals surface area contributed by atoms with Crippen LogP contribution in [0.5, 0.6) is 0 Å². The van der Waals surface area contributed by atoms with Crippen molar-refractivity contribution in [2.75, 3.05) is 5.32 Å². The Morgan fingerprint density at radius 2 is 1.77 bits per heavy atom. The van der Waals surface area contributed by atoms with E-state index in [0.29, 0.717) is 16.1 Å². The van der Waals surface area contributed by atoms with Gasteiger partial charge in [0, 0.05) is 11.7 Å². The Labute approximate surface area is 181 Å². The summed E-state index contributed by atoms with van der Waals surface area (Å²) < 4.78 is 1.72. The van der Waals surface area contributed by atoms with Crippen LogP contribution in [0.1, 0.15) is 49.9 Å². The maximum absolute atomic E-state index is 13.1. The van der Waals surface area contributed by atoms with E-state index >= 15 is 0 Å². The molecule has 158 valence electrons. The van der Waals surface area contributed by atoms with Crippen LogP contribution in [0, 0.1) is 20.8 Å². The van der Waals surface area contributed by atoms with Crippen molar-refractivity contribution in [1.82, 2.24) is 9.55 Å². The van der Waals surface area contributed by atoms with Gasteiger partial charge in [-0.2, -0.15) is 0 Å². The van der Waals surface area contributed by atoms with E-state index in [2.05, 4.69) is 17.4 Å². The SMILES string of the molecule is CC[C@H](C)n1c(S[C@@H](C)C(=O)Nc2c(C)cc(C)cc2C)nc2ccccc2c1=O. The lowest BCUT2D eigenvalue weighted by atomic mass is 10.1. The molecule has 1 heterocycles. The summed E-state index contributed by atoms with van der Waals surface area (Å²) in [7, 11) is 0. The van der Waals surface area contributed by atoms with E-state index in [1.165, 1.54) is 17.3 Å². The highest BCUT2D eigenvalue weighted by atomic mass is 32.2. The maximum atomic E-state index is 13.1. The van der Waals surface area contributed by atoms with Gasteiger partial charge in [0.1, 0.15) is 0 Å².